The van der Waals surface area contributed by atoms with E-state index in [0.717, 1.165) is 17.5 Å². The van der Waals surface area contributed by atoms with Crippen LogP contribution in [0.2, 0.25) is 10.0 Å². The van der Waals surface area contributed by atoms with E-state index >= 15 is 0 Å². The molecule has 1 N–H and O–H groups in total. The van der Waals surface area contributed by atoms with Crippen molar-refractivity contribution >= 4 is 46.8 Å². The van der Waals surface area contributed by atoms with Gasteiger partial charge in [0.2, 0.25) is 11.8 Å². The maximum absolute atomic E-state index is 13.0. The number of rotatable bonds is 10. The summed E-state index contributed by atoms with van der Waals surface area (Å²) in [6.07, 6.45) is 0.846. The van der Waals surface area contributed by atoms with E-state index in [0.29, 0.717) is 28.9 Å². The Morgan fingerprint density at radius 3 is 2.45 bits per heavy atom. The lowest BCUT2D eigenvalue weighted by atomic mass is 10.1. The number of carbonyl (C=O) groups excluding carboxylic acids is 2. The predicted octanol–water partition coefficient (Wildman–Crippen LogP) is 5.17. The summed E-state index contributed by atoms with van der Waals surface area (Å²) < 4.78 is 0. The number of amides is 2. The Kier molecular flexibility index (Phi) is 9.85. The normalized spacial score (nSPS) is 11.7. The van der Waals surface area contributed by atoms with Gasteiger partial charge >= 0.3 is 0 Å². The van der Waals surface area contributed by atoms with E-state index in [9.17, 15) is 9.59 Å². The average Bonchev–Trinajstić information content (AvgIpc) is 2.71. The minimum absolute atomic E-state index is 0.0777. The standard InChI is InChI=1S/C22H26Cl2N2O2S/c1-3-11-25-22(28)16(2)26(13-17-7-9-19(23)10-8-17)21(27)15-29-14-18-5-4-6-20(24)12-18/h4-10,12,16H,3,11,13-15H2,1-2H3,(H,25,28)/t16-/m0/s1. The molecule has 0 aromatic heterocycles. The molecule has 2 aromatic rings. The molecule has 0 radical (unpaired) electrons. The highest BCUT2D eigenvalue weighted by atomic mass is 35.5. The number of thioether (sulfide) groups is 1. The summed E-state index contributed by atoms with van der Waals surface area (Å²) in [5, 5.41) is 4.19. The van der Waals surface area contributed by atoms with E-state index in [-0.39, 0.29) is 17.6 Å². The molecule has 29 heavy (non-hydrogen) atoms. The highest BCUT2D eigenvalue weighted by Crippen LogP contribution is 2.19. The lowest BCUT2D eigenvalue weighted by molar-refractivity contribution is -0.138. The Hall–Kier alpha value is -1.69. The molecule has 2 aromatic carbocycles. The van der Waals surface area contributed by atoms with Crippen LogP contribution in [0.4, 0.5) is 0 Å². The molecule has 0 aliphatic carbocycles. The van der Waals surface area contributed by atoms with Crippen molar-refractivity contribution in [1.29, 1.82) is 0 Å². The number of carbonyl (C=O) groups is 2. The van der Waals surface area contributed by atoms with Crippen molar-refractivity contribution in [3.05, 3.63) is 69.7 Å². The van der Waals surface area contributed by atoms with Crippen molar-refractivity contribution in [2.24, 2.45) is 0 Å². The number of nitrogens with one attached hydrogen (secondary N) is 1. The van der Waals surface area contributed by atoms with Crippen LogP contribution in [0.25, 0.3) is 0 Å². The van der Waals surface area contributed by atoms with E-state index < -0.39 is 6.04 Å². The molecule has 2 amide bonds. The largest absolute Gasteiger partial charge is 0.354 e. The van der Waals surface area contributed by atoms with Gasteiger partial charge in [-0.3, -0.25) is 9.59 Å². The molecule has 0 aliphatic heterocycles. The van der Waals surface area contributed by atoms with Crippen molar-refractivity contribution < 1.29 is 9.59 Å². The third-order valence-corrected chi connectivity index (χ3v) is 5.84. The second kappa shape index (κ2) is 12.1. The smallest absolute Gasteiger partial charge is 0.242 e. The lowest BCUT2D eigenvalue weighted by Gasteiger charge is -2.28. The summed E-state index contributed by atoms with van der Waals surface area (Å²) in [6, 6.07) is 14.4. The molecule has 0 aliphatic rings. The van der Waals surface area contributed by atoms with Crippen molar-refractivity contribution in [3.8, 4) is 0 Å². The van der Waals surface area contributed by atoms with Crippen LogP contribution < -0.4 is 5.32 Å². The second-order valence-electron chi connectivity index (χ2n) is 6.74. The summed E-state index contributed by atoms with van der Waals surface area (Å²) in [4.78, 5) is 27.1. The number of halogens is 2. The molecule has 0 bridgehead atoms. The van der Waals surface area contributed by atoms with E-state index in [1.807, 2.05) is 43.3 Å². The lowest BCUT2D eigenvalue weighted by Crippen LogP contribution is -2.48. The Bertz CT molecular complexity index is 815. The molecular weight excluding hydrogens is 427 g/mol. The number of benzene rings is 2. The summed E-state index contributed by atoms with van der Waals surface area (Å²) in [5.41, 5.74) is 1.99. The van der Waals surface area contributed by atoms with Crippen LogP contribution >= 0.6 is 35.0 Å². The summed E-state index contributed by atoms with van der Waals surface area (Å²) in [6.45, 7) is 4.71. The molecule has 0 unspecified atom stereocenters. The summed E-state index contributed by atoms with van der Waals surface area (Å²) >= 11 is 13.5. The first kappa shape index (κ1) is 23.6. The first-order chi connectivity index (χ1) is 13.9. The van der Waals surface area contributed by atoms with Crippen molar-refractivity contribution in [3.63, 3.8) is 0 Å². The van der Waals surface area contributed by atoms with Crippen LogP contribution in [0.3, 0.4) is 0 Å². The Morgan fingerprint density at radius 2 is 1.79 bits per heavy atom. The van der Waals surface area contributed by atoms with Crippen LogP contribution in [0, 0.1) is 0 Å². The minimum atomic E-state index is -0.559. The zero-order valence-corrected chi connectivity index (χ0v) is 19.0. The first-order valence-corrected chi connectivity index (χ1v) is 11.5. The third-order valence-electron chi connectivity index (χ3n) is 4.37. The van der Waals surface area contributed by atoms with E-state index in [1.54, 1.807) is 24.0 Å². The zero-order valence-electron chi connectivity index (χ0n) is 16.7. The molecular formula is C22H26Cl2N2O2S. The fourth-order valence-corrected chi connectivity index (χ4v) is 3.93. The van der Waals surface area contributed by atoms with Crippen LogP contribution in [0.1, 0.15) is 31.4 Å². The van der Waals surface area contributed by atoms with E-state index in [1.165, 1.54) is 11.8 Å². The van der Waals surface area contributed by atoms with Gasteiger partial charge < -0.3 is 10.2 Å². The Balaban J connectivity index is 2.04. The fourth-order valence-electron chi connectivity index (χ4n) is 2.73. The van der Waals surface area contributed by atoms with Gasteiger partial charge in [-0.05, 0) is 48.7 Å². The summed E-state index contributed by atoms with van der Waals surface area (Å²) in [7, 11) is 0. The minimum Gasteiger partial charge on any atom is -0.354 e. The third kappa shape index (κ3) is 7.92. The van der Waals surface area contributed by atoms with Gasteiger partial charge in [0, 0.05) is 28.9 Å². The molecule has 2 rings (SSSR count). The van der Waals surface area contributed by atoms with Gasteiger partial charge in [0.1, 0.15) is 6.04 Å². The molecule has 0 saturated heterocycles. The second-order valence-corrected chi connectivity index (χ2v) is 8.60. The molecule has 0 spiro atoms. The molecule has 156 valence electrons. The monoisotopic (exact) mass is 452 g/mol. The van der Waals surface area contributed by atoms with E-state index in [2.05, 4.69) is 5.32 Å². The Labute approximate surface area is 187 Å². The van der Waals surface area contributed by atoms with Gasteiger partial charge in [-0.25, -0.2) is 0 Å². The Morgan fingerprint density at radius 1 is 1.07 bits per heavy atom. The average molecular weight is 453 g/mol. The first-order valence-electron chi connectivity index (χ1n) is 9.54. The molecule has 0 saturated carbocycles. The SMILES string of the molecule is CCCNC(=O)[C@H](C)N(Cc1ccc(Cl)cc1)C(=O)CSCc1cccc(Cl)c1. The van der Waals surface area contributed by atoms with Crippen LogP contribution in [-0.2, 0) is 21.9 Å². The maximum Gasteiger partial charge on any atom is 0.242 e. The summed E-state index contributed by atoms with van der Waals surface area (Å²) in [5.74, 6) is 0.739. The quantitative estimate of drug-likeness (QED) is 0.540. The number of hydrogen-bond acceptors (Lipinski definition) is 3. The van der Waals surface area contributed by atoms with Gasteiger partial charge in [0.05, 0.1) is 5.75 Å². The fraction of sp³-hybridized carbons (Fsp3) is 0.364. The number of nitrogens with zero attached hydrogens (tertiary/aromatic N) is 1. The van der Waals surface area contributed by atoms with Crippen LogP contribution in [0.15, 0.2) is 48.5 Å². The van der Waals surface area contributed by atoms with Gasteiger partial charge in [0.25, 0.3) is 0 Å². The van der Waals surface area contributed by atoms with Crippen LogP contribution in [-0.4, -0.2) is 35.1 Å². The predicted molar refractivity (Wildman–Crippen MR) is 122 cm³/mol. The van der Waals surface area contributed by atoms with E-state index in [4.69, 9.17) is 23.2 Å². The van der Waals surface area contributed by atoms with Gasteiger partial charge in [-0.1, -0.05) is 54.4 Å². The van der Waals surface area contributed by atoms with Crippen molar-refractivity contribution in [1.82, 2.24) is 10.2 Å². The molecule has 7 heteroatoms. The number of hydrogen-bond donors (Lipinski definition) is 1. The maximum atomic E-state index is 13.0. The molecule has 4 nitrogen and oxygen atoms in total. The van der Waals surface area contributed by atoms with Gasteiger partial charge in [-0.15, -0.1) is 11.8 Å². The van der Waals surface area contributed by atoms with Crippen molar-refractivity contribution in [2.45, 2.75) is 38.6 Å². The topological polar surface area (TPSA) is 49.4 Å². The highest BCUT2D eigenvalue weighted by Gasteiger charge is 2.25. The van der Waals surface area contributed by atoms with Crippen LogP contribution in [0.5, 0.6) is 0 Å². The van der Waals surface area contributed by atoms with Gasteiger partial charge in [-0.2, -0.15) is 0 Å². The molecule has 0 heterocycles. The molecule has 1 atom stereocenters. The van der Waals surface area contributed by atoms with Crippen molar-refractivity contribution in [2.75, 3.05) is 12.3 Å². The molecule has 0 fully saturated rings. The zero-order chi connectivity index (χ0) is 21.2. The van der Waals surface area contributed by atoms with Gasteiger partial charge in [0.15, 0.2) is 0 Å². The highest BCUT2D eigenvalue weighted by molar-refractivity contribution is 7.99.